The number of halogens is 3. The molecule has 1 unspecified atom stereocenters. The second kappa shape index (κ2) is 11.2. The highest BCUT2D eigenvalue weighted by atomic mass is 19.4. The van der Waals surface area contributed by atoms with Gasteiger partial charge in [0.1, 0.15) is 18.5 Å². The number of morpholine rings is 1. The molecule has 3 N–H and O–H groups in total. The topological polar surface area (TPSA) is 83.1 Å². The summed E-state index contributed by atoms with van der Waals surface area (Å²) in [5.41, 5.74) is 0.780. The van der Waals surface area contributed by atoms with E-state index in [-0.39, 0.29) is 18.9 Å². The van der Waals surface area contributed by atoms with Crippen LogP contribution >= 0.6 is 0 Å². The summed E-state index contributed by atoms with van der Waals surface area (Å²) in [4.78, 5) is 14.5. The van der Waals surface area contributed by atoms with Crippen molar-refractivity contribution < 1.29 is 32.5 Å². The smallest absolute Gasteiger partial charge is 0.416 e. The van der Waals surface area contributed by atoms with Crippen molar-refractivity contribution in [3.05, 3.63) is 59.7 Å². The molecule has 1 saturated heterocycles. The zero-order valence-corrected chi connectivity index (χ0v) is 17.4. The van der Waals surface area contributed by atoms with Crippen LogP contribution in [-0.2, 0) is 17.5 Å². The van der Waals surface area contributed by atoms with Crippen molar-refractivity contribution in [1.82, 2.24) is 10.2 Å². The van der Waals surface area contributed by atoms with Gasteiger partial charge in [-0.1, -0.05) is 24.3 Å². The van der Waals surface area contributed by atoms with Gasteiger partial charge in [-0.3, -0.25) is 4.90 Å². The lowest BCUT2D eigenvalue weighted by Crippen LogP contribution is -2.38. The van der Waals surface area contributed by atoms with Crippen LogP contribution in [0.3, 0.4) is 0 Å². The van der Waals surface area contributed by atoms with Gasteiger partial charge in [0.05, 0.1) is 18.8 Å². The monoisotopic (exact) mass is 453 g/mol. The molecule has 1 atom stereocenters. The van der Waals surface area contributed by atoms with Crippen molar-refractivity contribution >= 4 is 11.7 Å². The van der Waals surface area contributed by atoms with E-state index < -0.39 is 23.9 Å². The number of alkyl halides is 3. The number of nitrogens with one attached hydrogen (secondary N) is 2. The number of hydrogen-bond donors (Lipinski definition) is 3. The number of aliphatic hydroxyl groups is 1. The van der Waals surface area contributed by atoms with Crippen LogP contribution in [0.25, 0.3) is 0 Å². The van der Waals surface area contributed by atoms with Crippen LogP contribution in [0.2, 0.25) is 0 Å². The Labute approximate surface area is 184 Å². The molecule has 0 saturated carbocycles. The molecular weight excluding hydrogens is 427 g/mol. The van der Waals surface area contributed by atoms with Gasteiger partial charge in [-0.15, -0.1) is 0 Å². The number of rotatable bonds is 8. The predicted molar refractivity (Wildman–Crippen MR) is 113 cm³/mol. The first-order valence-corrected chi connectivity index (χ1v) is 10.2. The van der Waals surface area contributed by atoms with Crippen molar-refractivity contribution in [1.29, 1.82) is 0 Å². The summed E-state index contributed by atoms with van der Waals surface area (Å²) in [7, 11) is 0. The zero-order chi connectivity index (χ0) is 23.0. The molecule has 1 fully saturated rings. The van der Waals surface area contributed by atoms with E-state index in [0.717, 1.165) is 30.8 Å². The summed E-state index contributed by atoms with van der Waals surface area (Å²) in [5.74, 6) is -0.0135. The lowest BCUT2D eigenvalue weighted by molar-refractivity contribution is -0.137. The maximum atomic E-state index is 12.7. The Balaban J connectivity index is 1.45. The summed E-state index contributed by atoms with van der Waals surface area (Å²) in [6.07, 6.45) is -5.57. The highest BCUT2D eigenvalue weighted by Gasteiger charge is 2.30. The van der Waals surface area contributed by atoms with E-state index in [1.54, 1.807) is 6.07 Å². The van der Waals surface area contributed by atoms with Crippen LogP contribution in [0.1, 0.15) is 11.1 Å². The average Bonchev–Trinajstić information content (AvgIpc) is 2.78. The Kier molecular flexibility index (Phi) is 8.32. The number of carbonyl (C=O) groups is 1. The Hall–Kier alpha value is -2.82. The van der Waals surface area contributed by atoms with Crippen LogP contribution in [-0.4, -0.2) is 61.6 Å². The van der Waals surface area contributed by atoms with E-state index in [9.17, 15) is 23.1 Å². The van der Waals surface area contributed by atoms with Gasteiger partial charge in [-0.05, 0) is 29.8 Å². The Morgan fingerprint density at radius 2 is 1.91 bits per heavy atom. The minimum atomic E-state index is -4.48. The van der Waals surface area contributed by atoms with Gasteiger partial charge in [0.2, 0.25) is 0 Å². The Morgan fingerprint density at radius 3 is 2.66 bits per heavy atom. The number of nitrogens with zero attached hydrogens (tertiary/aromatic N) is 1. The van der Waals surface area contributed by atoms with Crippen molar-refractivity contribution in [3.63, 3.8) is 0 Å². The van der Waals surface area contributed by atoms with Crippen molar-refractivity contribution in [2.75, 3.05) is 44.8 Å². The molecule has 0 aliphatic carbocycles. The maximum Gasteiger partial charge on any atom is 0.416 e. The van der Waals surface area contributed by atoms with E-state index in [1.165, 1.54) is 12.1 Å². The van der Waals surface area contributed by atoms with Gasteiger partial charge in [0.25, 0.3) is 0 Å². The predicted octanol–water partition coefficient (Wildman–Crippen LogP) is 3.10. The molecule has 2 aromatic carbocycles. The standard InChI is InChI=1S/C22H26F3N3O4/c23-22(24,25)17-5-3-6-19(12-17)32-15-18(29)13-26-21(30)27-20-7-2-1-4-16(20)14-28-8-10-31-11-9-28/h1-7,12,18,29H,8-11,13-15H2,(H2,26,27,30). The number of aliphatic hydroxyl groups excluding tert-OH is 1. The minimum absolute atomic E-state index is 0.0135. The van der Waals surface area contributed by atoms with Crippen LogP contribution in [0.15, 0.2) is 48.5 Å². The first-order chi connectivity index (χ1) is 15.3. The van der Waals surface area contributed by atoms with E-state index in [1.807, 2.05) is 18.2 Å². The van der Waals surface area contributed by atoms with Crippen LogP contribution in [0.5, 0.6) is 5.75 Å². The third-order valence-corrected chi connectivity index (χ3v) is 4.87. The largest absolute Gasteiger partial charge is 0.491 e. The summed E-state index contributed by atoms with van der Waals surface area (Å²) in [5, 5.41) is 15.3. The van der Waals surface area contributed by atoms with E-state index >= 15 is 0 Å². The summed E-state index contributed by atoms with van der Waals surface area (Å²) in [6, 6.07) is 11.3. The fourth-order valence-corrected chi connectivity index (χ4v) is 3.17. The lowest BCUT2D eigenvalue weighted by Gasteiger charge is -2.27. The molecule has 32 heavy (non-hydrogen) atoms. The van der Waals surface area contributed by atoms with E-state index in [2.05, 4.69) is 15.5 Å². The molecule has 2 amide bonds. The summed E-state index contributed by atoms with van der Waals surface area (Å²) >= 11 is 0. The van der Waals surface area contributed by atoms with Gasteiger partial charge in [0.15, 0.2) is 0 Å². The normalized spacial score (nSPS) is 15.8. The highest BCUT2D eigenvalue weighted by Crippen LogP contribution is 2.31. The average molecular weight is 453 g/mol. The maximum absolute atomic E-state index is 12.7. The second-order valence-electron chi connectivity index (χ2n) is 7.37. The fraction of sp³-hybridized carbons (Fsp3) is 0.409. The highest BCUT2D eigenvalue weighted by molar-refractivity contribution is 5.90. The van der Waals surface area contributed by atoms with Gasteiger partial charge in [0, 0.05) is 31.9 Å². The first kappa shape index (κ1) is 23.8. The minimum Gasteiger partial charge on any atom is -0.491 e. The molecule has 2 aromatic rings. The van der Waals surface area contributed by atoms with E-state index in [4.69, 9.17) is 9.47 Å². The number of hydrogen-bond acceptors (Lipinski definition) is 5. The van der Waals surface area contributed by atoms with Gasteiger partial charge in [-0.2, -0.15) is 13.2 Å². The summed E-state index contributed by atoms with van der Waals surface area (Å²) < 4.78 is 48.8. The molecule has 3 rings (SSSR count). The molecule has 0 bridgehead atoms. The number of anilines is 1. The quantitative estimate of drug-likeness (QED) is 0.572. The van der Waals surface area contributed by atoms with Crippen molar-refractivity contribution in [3.8, 4) is 5.75 Å². The van der Waals surface area contributed by atoms with Gasteiger partial charge in [-0.25, -0.2) is 4.79 Å². The van der Waals surface area contributed by atoms with Gasteiger partial charge < -0.3 is 25.2 Å². The van der Waals surface area contributed by atoms with Crippen LogP contribution in [0.4, 0.5) is 23.7 Å². The SMILES string of the molecule is O=C(NCC(O)COc1cccc(C(F)(F)F)c1)Nc1ccccc1CN1CCOCC1. The van der Waals surface area contributed by atoms with Crippen LogP contribution in [0, 0.1) is 0 Å². The number of amides is 2. The van der Waals surface area contributed by atoms with Crippen LogP contribution < -0.4 is 15.4 Å². The fourth-order valence-electron chi connectivity index (χ4n) is 3.17. The number of benzene rings is 2. The molecule has 0 spiro atoms. The Morgan fingerprint density at radius 1 is 1.16 bits per heavy atom. The molecule has 7 nitrogen and oxygen atoms in total. The second-order valence-corrected chi connectivity index (χ2v) is 7.37. The Bertz CT molecular complexity index is 889. The third-order valence-electron chi connectivity index (χ3n) is 4.87. The number of urea groups is 1. The molecule has 174 valence electrons. The number of carbonyl (C=O) groups excluding carboxylic acids is 1. The lowest BCUT2D eigenvalue weighted by atomic mass is 10.1. The zero-order valence-electron chi connectivity index (χ0n) is 17.4. The van der Waals surface area contributed by atoms with Crippen molar-refractivity contribution in [2.24, 2.45) is 0 Å². The number of para-hydroxylation sites is 1. The van der Waals surface area contributed by atoms with Gasteiger partial charge >= 0.3 is 12.2 Å². The molecule has 0 aromatic heterocycles. The molecule has 10 heteroatoms. The molecule has 0 radical (unpaired) electrons. The molecular formula is C22H26F3N3O4. The molecule has 1 aliphatic rings. The first-order valence-electron chi connectivity index (χ1n) is 10.2. The molecule has 1 heterocycles. The van der Waals surface area contributed by atoms with Crippen molar-refractivity contribution in [2.45, 2.75) is 18.8 Å². The number of ether oxygens (including phenoxy) is 2. The summed E-state index contributed by atoms with van der Waals surface area (Å²) in [6.45, 7) is 3.27. The van der Waals surface area contributed by atoms with E-state index in [0.29, 0.717) is 25.4 Å². The third kappa shape index (κ3) is 7.40. The molecule has 1 aliphatic heterocycles.